The molecule has 1 amide bonds. The van der Waals surface area contributed by atoms with E-state index in [-0.39, 0.29) is 29.6 Å². The number of hydrogen-bond donors (Lipinski definition) is 1. The van der Waals surface area contributed by atoms with Gasteiger partial charge < -0.3 is 5.32 Å². The van der Waals surface area contributed by atoms with Gasteiger partial charge in [-0.2, -0.15) is 0 Å². The molecule has 0 spiro atoms. The number of hydrogen-bond acceptors (Lipinski definition) is 4. The Hall–Kier alpha value is -2.79. The molecule has 5 nitrogen and oxygen atoms in total. The lowest BCUT2D eigenvalue weighted by Gasteiger charge is -2.22. The standard InChI is InChI=1S/C22H24N2O3/c1-3-12-24(13-4-2)14-19(25)23-18-11-7-10-17-20(18)22(27)16-9-6-5-8-15(16)21(17)26/h5-11H,3-4,12-14H2,1-2H3,(H,23,25). The molecule has 2 aromatic rings. The maximum atomic E-state index is 13.0. The van der Waals surface area contributed by atoms with Gasteiger partial charge in [0.1, 0.15) is 0 Å². The number of anilines is 1. The number of ketones is 2. The van der Waals surface area contributed by atoms with Crippen molar-refractivity contribution in [3.05, 3.63) is 64.7 Å². The Morgan fingerprint density at radius 3 is 2.07 bits per heavy atom. The molecule has 0 saturated heterocycles. The summed E-state index contributed by atoms with van der Waals surface area (Å²) in [6.07, 6.45) is 1.94. The van der Waals surface area contributed by atoms with Crippen LogP contribution in [0.25, 0.3) is 0 Å². The van der Waals surface area contributed by atoms with Crippen LogP contribution in [0.1, 0.15) is 58.5 Å². The quantitative estimate of drug-likeness (QED) is 0.697. The summed E-state index contributed by atoms with van der Waals surface area (Å²) in [6, 6.07) is 11.8. The third-order valence-corrected chi connectivity index (χ3v) is 4.67. The Morgan fingerprint density at radius 1 is 0.852 bits per heavy atom. The minimum Gasteiger partial charge on any atom is -0.324 e. The van der Waals surface area contributed by atoms with Crippen LogP contribution in [0.3, 0.4) is 0 Å². The molecule has 0 aliphatic heterocycles. The molecule has 0 saturated carbocycles. The van der Waals surface area contributed by atoms with Gasteiger partial charge in [-0.1, -0.05) is 50.2 Å². The van der Waals surface area contributed by atoms with Crippen LogP contribution in [0.2, 0.25) is 0 Å². The molecule has 5 heteroatoms. The van der Waals surface area contributed by atoms with Crippen molar-refractivity contribution in [2.75, 3.05) is 25.0 Å². The molecule has 0 heterocycles. The van der Waals surface area contributed by atoms with Crippen molar-refractivity contribution in [2.24, 2.45) is 0 Å². The number of amides is 1. The largest absolute Gasteiger partial charge is 0.324 e. The smallest absolute Gasteiger partial charge is 0.238 e. The van der Waals surface area contributed by atoms with E-state index >= 15 is 0 Å². The van der Waals surface area contributed by atoms with E-state index in [1.165, 1.54) is 0 Å². The van der Waals surface area contributed by atoms with E-state index in [2.05, 4.69) is 24.1 Å². The highest BCUT2D eigenvalue weighted by Gasteiger charge is 2.31. The van der Waals surface area contributed by atoms with Crippen molar-refractivity contribution in [1.82, 2.24) is 4.90 Å². The van der Waals surface area contributed by atoms with Crippen molar-refractivity contribution in [2.45, 2.75) is 26.7 Å². The van der Waals surface area contributed by atoms with Crippen LogP contribution in [-0.4, -0.2) is 42.0 Å². The average molecular weight is 364 g/mol. The molecule has 0 bridgehead atoms. The fourth-order valence-corrected chi connectivity index (χ4v) is 3.54. The van der Waals surface area contributed by atoms with E-state index in [1.54, 1.807) is 42.5 Å². The van der Waals surface area contributed by atoms with Crippen molar-refractivity contribution in [1.29, 1.82) is 0 Å². The summed E-state index contributed by atoms with van der Waals surface area (Å²) < 4.78 is 0. The van der Waals surface area contributed by atoms with Crippen molar-refractivity contribution in [3.8, 4) is 0 Å². The molecule has 140 valence electrons. The number of rotatable bonds is 7. The predicted octanol–water partition coefficient (Wildman–Crippen LogP) is 3.52. The van der Waals surface area contributed by atoms with E-state index in [9.17, 15) is 14.4 Å². The van der Waals surface area contributed by atoms with Gasteiger partial charge in [0.2, 0.25) is 5.91 Å². The molecule has 3 rings (SSSR count). The number of carbonyl (C=O) groups is 3. The van der Waals surface area contributed by atoms with Gasteiger partial charge >= 0.3 is 0 Å². The maximum absolute atomic E-state index is 13.0. The second kappa shape index (κ2) is 8.27. The van der Waals surface area contributed by atoms with Gasteiger partial charge in [0.15, 0.2) is 11.6 Å². The molecule has 1 aliphatic carbocycles. The third-order valence-electron chi connectivity index (χ3n) is 4.67. The normalized spacial score (nSPS) is 12.7. The van der Waals surface area contributed by atoms with E-state index in [4.69, 9.17) is 0 Å². The molecule has 0 radical (unpaired) electrons. The first kappa shape index (κ1) is 19.0. The van der Waals surface area contributed by atoms with Gasteiger partial charge in [-0.25, -0.2) is 0 Å². The minimum absolute atomic E-state index is 0.176. The van der Waals surface area contributed by atoms with Gasteiger partial charge in [-0.3, -0.25) is 19.3 Å². The van der Waals surface area contributed by atoms with Gasteiger partial charge in [-0.05, 0) is 32.0 Å². The Kier molecular flexibility index (Phi) is 5.81. The molecular weight excluding hydrogens is 340 g/mol. The highest BCUT2D eigenvalue weighted by molar-refractivity contribution is 6.30. The lowest BCUT2D eigenvalue weighted by atomic mass is 9.83. The van der Waals surface area contributed by atoms with E-state index in [1.807, 2.05) is 0 Å². The number of nitrogens with one attached hydrogen (secondary N) is 1. The van der Waals surface area contributed by atoms with Gasteiger partial charge in [-0.15, -0.1) is 0 Å². The summed E-state index contributed by atoms with van der Waals surface area (Å²) in [7, 11) is 0. The average Bonchev–Trinajstić information content (AvgIpc) is 2.66. The SMILES string of the molecule is CCCN(CCC)CC(=O)Nc1cccc2c1C(=O)c1ccccc1C2=O. The molecule has 1 aliphatic rings. The summed E-state index contributed by atoms with van der Waals surface area (Å²) in [5, 5.41) is 2.85. The zero-order valence-corrected chi connectivity index (χ0v) is 15.7. The number of carbonyl (C=O) groups excluding carboxylic acids is 3. The molecule has 0 unspecified atom stereocenters. The van der Waals surface area contributed by atoms with Gasteiger partial charge in [0.05, 0.1) is 17.8 Å². The summed E-state index contributed by atoms with van der Waals surface area (Å²) in [5.74, 6) is -0.589. The summed E-state index contributed by atoms with van der Waals surface area (Å²) in [6.45, 7) is 6.12. The highest BCUT2D eigenvalue weighted by Crippen LogP contribution is 2.31. The second-order valence-electron chi connectivity index (χ2n) is 6.76. The van der Waals surface area contributed by atoms with Crippen LogP contribution in [-0.2, 0) is 4.79 Å². The first-order chi connectivity index (χ1) is 13.1. The maximum Gasteiger partial charge on any atom is 0.238 e. The highest BCUT2D eigenvalue weighted by atomic mass is 16.2. The van der Waals surface area contributed by atoms with Gasteiger partial charge in [0, 0.05) is 16.7 Å². The molecule has 1 N–H and O–H groups in total. The van der Waals surface area contributed by atoms with Crippen LogP contribution in [0, 0.1) is 0 Å². The first-order valence-corrected chi connectivity index (χ1v) is 9.40. The molecule has 2 aromatic carbocycles. The lowest BCUT2D eigenvalue weighted by molar-refractivity contribution is -0.117. The Morgan fingerprint density at radius 2 is 1.44 bits per heavy atom. The topological polar surface area (TPSA) is 66.5 Å². The fraction of sp³-hybridized carbons (Fsp3) is 0.318. The van der Waals surface area contributed by atoms with E-state index < -0.39 is 0 Å². The summed E-state index contributed by atoms with van der Waals surface area (Å²) in [4.78, 5) is 40.4. The summed E-state index contributed by atoms with van der Waals surface area (Å²) in [5.41, 5.74) is 1.83. The zero-order valence-electron chi connectivity index (χ0n) is 15.7. The van der Waals surface area contributed by atoms with Crippen LogP contribution >= 0.6 is 0 Å². The Labute approximate surface area is 159 Å². The molecule has 27 heavy (non-hydrogen) atoms. The number of nitrogens with zero attached hydrogens (tertiary/aromatic N) is 1. The Bertz CT molecular complexity index is 883. The molecule has 0 fully saturated rings. The monoisotopic (exact) mass is 364 g/mol. The third kappa shape index (κ3) is 3.83. The van der Waals surface area contributed by atoms with Crippen LogP contribution in [0.4, 0.5) is 5.69 Å². The van der Waals surface area contributed by atoms with Crippen LogP contribution in [0.15, 0.2) is 42.5 Å². The first-order valence-electron chi connectivity index (χ1n) is 9.40. The summed E-state index contributed by atoms with van der Waals surface area (Å²) >= 11 is 0. The molecule has 0 atom stereocenters. The fourth-order valence-electron chi connectivity index (χ4n) is 3.54. The van der Waals surface area contributed by atoms with E-state index in [0.717, 1.165) is 25.9 Å². The van der Waals surface area contributed by atoms with Crippen molar-refractivity contribution >= 4 is 23.2 Å². The minimum atomic E-state index is -0.227. The number of benzene rings is 2. The Balaban J connectivity index is 1.88. The molecule has 0 aromatic heterocycles. The van der Waals surface area contributed by atoms with Crippen LogP contribution < -0.4 is 5.32 Å². The second-order valence-corrected chi connectivity index (χ2v) is 6.76. The lowest BCUT2D eigenvalue weighted by Crippen LogP contribution is -2.35. The van der Waals surface area contributed by atoms with Crippen molar-refractivity contribution in [3.63, 3.8) is 0 Å². The predicted molar refractivity (Wildman–Crippen MR) is 105 cm³/mol. The van der Waals surface area contributed by atoms with E-state index in [0.29, 0.717) is 22.4 Å². The van der Waals surface area contributed by atoms with Gasteiger partial charge in [0.25, 0.3) is 0 Å². The van der Waals surface area contributed by atoms with Crippen LogP contribution in [0.5, 0.6) is 0 Å². The van der Waals surface area contributed by atoms with Crippen molar-refractivity contribution < 1.29 is 14.4 Å². The molecular formula is C22H24N2O3. The zero-order chi connectivity index (χ0) is 19.4. The number of fused-ring (bicyclic) bond motifs is 2.